The van der Waals surface area contributed by atoms with E-state index in [1.807, 2.05) is 243 Å². The van der Waals surface area contributed by atoms with Crippen LogP contribution in [-0.2, 0) is 44.4 Å². The number of rotatable bonds is 25. The third kappa shape index (κ3) is 24.7. The molecule has 2 aliphatic heterocycles. The molecule has 0 bridgehead atoms. The zero-order valence-electron chi connectivity index (χ0n) is 79.5. The lowest BCUT2D eigenvalue weighted by atomic mass is 9.74. The van der Waals surface area contributed by atoms with Gasteiger partial charge in [0, 0.05) is 140 Å². The summed E-state index contributed by atoms with van der Waals surface area (Å²) in [5, 5.41) is 12.0. The second-order valence-electron chi connectivity index (χ2n) is 37.4. The van der Waals surface area contributed by atoms with E-state index >= 15 is 0 Å². The Labute approximate surface area is 882 Å². The Bertz CT molecular complexity index is 7790. The second kappa shape index (κ2) is 45.1. The van der Waals surface area contributed by atoms with Crippen LogP contribution in [0.3, 0.4) is 0 Å². The van der Waals surface area contributed by atoms with E-state index in [4.69, 9.17) is 113 Å². The number of imidazole rings is 4. The molecular weight excluding hydrogens is 2080 g/mol. The minimum atomic E-state index is -3.20. The molecule has 17 aromatic rings. The summed E-state index contributed by atoms with van der Waals surface area (Å²) in [4.78, 5) is 60.8. The Morgan fingerprint density at radius 3 is 0.938 bits per heavy atom. The predicted molar refractivity (Wildman–Crippen MR) is 591 cm³/mol. The minimum absolute atomic E-state index is 0.110. The van der Waals surface area contributed by atoms with E-state index in [9.17, 15) is 29.5 Å². The normalized spacial score (nSPS) is 17.0. The maximum absolute atomic E-state index is 12.5. The van der Waals surface area contributed by atoms with Gasteiger partial charge in [0.25, 0.3) is 0 Å². The average Bonchev–Trinajstić information content (AvgIpc) is 1.30. The first-order valence-electron chi connectivity index (χ1n) is 47.6. The molecule has 2 saturated carbocycles. The van der Waals surface area contributed by atoms with Crippen molar-refractivity contribution in [1.82, 2.24) is 78.1 Å². The van der Waals surface area contributed by atoms with Crippen molar-refractivity contribution in [3.63, 3.8) is 0 Å². The molecule has 2 aliphatic carbocycles. The molecule has 4 fully saturated rings. The van der Waals surface area contributed by atoms with Crippen LogP contribution in [0, 0.1) is 23.7 Å². The smallest absolute Gasteiger partial charge is 0.170 e. The van der Waals surface area contributed by atoms with E-state index in [-0.39, 0.29) is 17.3 Å². The number of hydrogen-bond donors (Lipinski definition) is 2. The zero-order valence-corrected chi connectivity index (χ0v) is 88.8. The van der Waals surface area contributed by atoms with Gasteiger partial charge in [-0.2, -0.15) is 0 Å². The topological polar surface area (TPSA) is 324 Å². The Hall–Kier alpha value is -11.4. The van der Waals surface area contributed by atoms with Gasteiger partial charge in [-0.3, -0.25) is 22.5 Å². The molecule has 27 nitrogen and oxygen atoms in total. The fraction of sp³-hybridized carbons (Fsp3) is 0.292. The quantitative estimate of drug-likeness (QED) is 0.0502. The van der Waals surface area contributed by atoms with Crippen molar-refractivity contribution in [3.8, 4) is 68.3 Å². The van der Waals surface area contributed by atoms with Crippen LogP contribution < -0.4 is 20.4 Å². The number of halogens is 8. The predicted octanol–water partition coefficient (Wildman–Crippen LogP) is 23.6. The number of nitrogens with zero attached hydrogens (tertiary/aromatic N) is 18. The number of sulfone groups is 3. The minimum Gasteiger partial charge on any atom is -0.368 e. The molecule has 2 saturated heterocycles. The van der Waals surface area contributed by atoms with Gasteiger partial charge in [0.2, 0.25) is 0 Å². The summed E-state index contributed by atoms with van der Waals surface area (Å²) >= 11 is 50.9. The second-order valence-corrected chi connectivity index (χ2v) is 50.2. The summed E-state index contributed by atoms with van der Waals surface area (Å²) in [7, 11) is -11.0. The average molecular weight is 2180 g/mol. The molecule has 21 rings (SSSR count). The molecule has 750 valence electrons. The lowest BCUT2D eigenvalue weighted by Crippen LogP contribution is -2.46. The van der Waals surface area contributed by atoms with Crippen molar-refractivity contribution in [3.05, 3.63) is 296 Å². The highest BCUT2D eigenvalue weighted by molar-refractivity contribution is 8.00. The fourth-order valence-electron chi connectivity index (χ4n) is 19.5. The maximum Gasteiger partial charge on any atom is 0.170 e. The lowest BCUT2D eigenvalue weighted by molar-refractivity contribution is 0.278. The molecular formula is C106H104Cl8N20O7S4. The lowest BCUT2D eigenvalue weighted by Gasteiger charge is -2.42. The largest absolute Gasteiger partial charge is 0.368 e. The molecule has 10 heterocycles. The maximum atomic E-state index is 12.5. The van der Waals surface area contributed by atoms with Crippen LogP contribution in [0.2, 0.25) is 40.2 Å². The number of fused-ring (bicyclic) bond motifs is 4. The Morgan fingerprint density at radius 1 is 0.345 bits per heavy atom. The van der Waals surface area contributed by atoms with Gasteiger partial charge in [-0.25, -0.2) is 85.1 Å². The number of aromatic nitrogens is 16. The molecule has 0 amide bonds. The molecule has 8 aromatic heterocycles. The van der Waals surface area contributed by atoms with Crippen LogP contribution in [0.5, 0.6) is 0 Å². The van der Waals surface area contributed by atoms with Crippen molar-refractivity contribution >= 4 is 206 Å². The van der Waals surface area contributed by atoms with Crippen molar-refractivity contribution < 1.29 is 29.5 Å². The Morgan fingerprint density at radius 2 is 0.628 bits per heavy atom. The molecule has 2 N–H and O–H groups in total. The van der Waals surface area contributed by atoms with Crippen LogP contribution in [0.1, 0.15) is 82.6 Å². The zero-order chi connectivity index (χ0) is 101. The number of benzene rings is 9. The van der Waals surface area contributed by atoms with Gasteiger partial charge in [0.15, 0.2) is 67.9 Å². The molecule has 0 unspecified atom stereocenters. The molecule has 145 heavy (non-hydrogen) atoms. The number of anilines is 4. The Balaban J connectivity index is 0.000000127. The first-order valence-corrected chi connectivity index (χ1v) is 58.9. The van der Waals surface area contributed by atoms with Crippen LogP contribution in [0.15, 0.2) is 250 Å². The molecule has 39 heteroatoms. The summed E-state index contributed by atoms with van der Waals surface area (Å²) in [5.41, 5.74) is 12.6. The summed E-state index contributed by atoms with van der Waals surface area (Å²) in [5.74, 6) is 13.1. The van der Waals surface area contributed by atoms with Crippen molar-refractivity contribution in [1.29, 1.82) is 0 Å². The van der Waals surface area contributed by atoms with E-state index in [1.165, 1.54) is 25.1 Å². The summed E-state index contributed by atoms with van der Waals surface area (Å²) in [6, 6.07) is 70.5. The molecule has 0 radical (unpaired) electrons. The highest BCUT2D eigenvalue weighted by atomic mass is 35.5. The molecule has 0 spiro atoms. The first kappa shape index (κ1) is 104. The number of piperidine rings is 1. The molecule has 9 aromatic carbocycles. The number of hydrogen-bond acceptors (Lipinski definition) is 23. The van der Waals surface area contributed by atoms with Crippen molar-refractivity contribution in [2.75, 3.05) is 107 Å². The number of nitrogens with one attached hydrogen (secondary N) is 2. The van der Waals surface area contributed by atoms with E-state index in [1.54, 1.807) is 19.0 Å². The van der Waals surface area contributed by atoms with Gasteiger partial charge < -0.3 is 20.4 Å². The third-order valence-corrected chi connectivity index (χ3v) is 34.3. The van der Waals surface area contributed by atoms with Crippen LogP contribution >= 0.6 is 92.8 Å². The van der Waals surface area contributed by atoms with Gasteiger partial charge in [0.05, 0.1) is 37.3 Å². The standard InChI is InChI=1S/C30H27Cl2N5O2S.2C27H29Cl2N5O2S.C22H19Cl2N5OS/c1-40(38,39)19-30(21-7-3-2-4-8-21)15-17-36(18-16-30)28-26-29(34-20-33-28)37(23-13-11-22(31)12-14-23)27(35-26)24-9-5-6-10-25(24)32;2*1-37(35,36)15-14-18-6-8-19(9-7-18)16-30-25-24-27(32-17-31-25)34(21-12-10-20(28)11-13-21)26(33-24)22-4-2-3-5-23(22)29;1-31(30)12-10-28(11-13-31)21-19-22(26-14-25-21)29(16-8-6-15(23)7-9-16)20(27-19)17-4-2-3-5-18(17)24/h2-14,20H,15-19H2,1H3;2*2-5,10-13,17-19H,6-9,14-16H2,1H3,(H,30,31,32);2-9,14H,1,10-13H2. The molecule has 4 aliphatic rings. The van der Waals surface area contributed by atoms with Crippen LogP contribution in [0.25, 0.3) is 113 Å². The van der Waals surface area contributed by atoms with Gasteiger partial charge >= 0.3 is 0 Å². The van der Waals surface area contributed by atoms with E-state index in [0.717, 1.165) is 134 Å². The third-order valence-electron chi connectivity index (χ3n) is 27.1. The monoisotopic (exact) mass is 2180 g/mol. The first-order chi connectivity index (χ1) is 69.7. The van der Waals surface area contributed by atoms with E-state index < -0.39 is 44.4 Å². The summed E-state index contributed by atoms with van der Waals surface area (Å²) in [6.07, 6.45) is 21.5. The van der Waals surface area contributed by atoms with Gasteiger partial charge in [-0.05, 0) is 242 Å². The highest BCUT2D eigenvalue weighted by Crippen LogP contribution is 2.45. The van der Waals surface area contributed by atoms with E-state index in [0.29, 0.717) is 200 Å². The summed E-state index contributed by atoms with van der Waals surface area (Å²) < 4.78 is 91.2. The highest BCUT2D eigenvalue weighted by Gasteiger charge is 2.41. The van der Waals surface area contributed by atoms with E-state index in [2.05, 4.69) is 66.2 Å². The molecule has 0 atom stereocenters. The van der Waals surface area contributed by atoms with Gasteiger partial charge in [0.1, 0.15) is 78.1 Å². The van der Waals surface area contributed by atoms with Crippen LogP contribution in [0.4, 0.5) is 23.3 Å². The van der Waals surface area contributed by atoms with Gasteiger partial charge in [-0.1, -0.05) is 197 Å². The van der Waals surface area contributed by atoms with Gasteiger partial charge in [-0.15, -0.1) is 0 Å². The van der Waals surface area contributed by atoms with Crippen LogP contribution in [-0.4, -0.2) is 200 Å². The fourth-order valence-corrected chi connectivity index (χ4v) is 25.2. The summed E-state index contributed by atoms with van der Waals surface area (Å²) in [6.45, 7) is 4.05. The SMILES string of the molecule is C=S1(=O)CCN(c2ncnc3c2nc(-c2ccccc2Cl)n3-c2ccc(Cl)cc2)CC1.CS(=O)(=O)CC1(c2ccccc2)CCN(c2ncnc3c2nc(-c2ccccc2Cl)n3-c2ccc(Cl)cc2)CC1.CS(=O)(=O)CCC1CCC(CNc2ncnc3c2nc(-c2ccccc2Cl)n3-c2ccc(Cl)cc2)CC1.CS(=O)(=O)CCC1CCC(CNc2ncnc3c2nc(-c2ccccc2Cl)n3-c2ccc(Cl)cc2)CC1. The Kier molecular flexibility index (Phi) is 32.2. The van der Waals surface area contributed by atoms with Crippen molar-refractivity contribution in [2.45, 2.75) is 82.5 Å². The van der Waals surface area contributed by atoms with Crippen molar-refractivity contribution in [2.24, 2.45) is 23.7 Å².